The number of hydrogen-bond acceptors (Lipinski definition) is 4. The average molecular weight is 211 g/mol. The summed E-state index contributed by atoms with van der Waals surface area (Å²) in [5, 5.41) is 3.29. The summed E-state index contributed by atoms with van der Waals surface area (Å²) in [7, 11) is 1.34. The first-order chi connectivity index (χ1) is 7.19. The zero-order valence-electron chi connectivity index (χ0n) is 9.37. The Kier molecular flexibility index (Phi) is 4.37. The molecule has 0 radical (unpaired) electrons. The van der Waals surface area contributed by atoms with Gasteiger partial charge in [-0.2, -0.15) is 0 Å². The van der Waals surface area contributed by atoms with E-state index in [0.29, 0.717) is 12.6 Å². The van der Waals surface area contributed by atoms with Gasteiger partial charge in [0.25, 0.3) is 0 Å². The summed E-state index contributed by atoms with van der Waals surface area (Å²) in [6.45, 7) is 4.82. The molecule has 0 aliphatic rings. The second kappa shape index (κ2) is 5.56. The van der Waals surface area contributed by atoms with E-state index in [1.54, 1.807) is 6.07 Å². The van der Waals surface area contributed by atoms with E-state index in [1.165, 1.54) is 13.4 Å². The highest BCUT2D eigenvalue weighted by molar-refractivity contribution is 5.87. The third-order valence-electron chi connectivity index (χ3n) is 2.37. The number of methoxy groups -OCH3 is 1. The molecule has 1 aromatic heterocycles. The van der Waals surface area contributed by atoms with Crippen molar-refractivity contribution in [3.63, 3.8) is 0 Å². The molecule has 1 heterocycles. The predicted molar refractivity (Wildman–Crippen MR) is 56.6 cm³/mol. The highest BCUT2D eigenvalue weighted by atomic mass is 16.5. The van der Waals surface area contributed by atoms with Crippen LogP contribution in [0.2, 0.25) is 0 Å². The van der Waals surface area contributed by atoms with Gasteiger partial charge in [0.05, 0.1) is 13.4 Å². The Morgan fingerprint density at radius 1 is 1.67 bits per heavy atom. The third-order valence-corrected chi connectivity index (χ3v) is 2.37. The number of esters is 1. The summed E-state index contributed by atoms with van der Waals surface area (Å²) in [5.41, 5.74) is 0.835. The van der Waals surface area contributed by atoms with Crippen molar-refractivity contribution in [3.05, 3.63) is 23.7 Å². The second-order valence-electron chi connectivity index (χ2n) is 3.46. The van der Waals surface area contributed by atoms with Gasteiger partial charge in [0, 0.05) is 18.2 Å². The molecule has 0 aliphatic heterocycles. The van der Waals surface area contributed by atoms with Crippen molar-refractivity contribution in [2.75, 3.05) is 7.11 Å². The molecule has 0 saturated carbocycles. The van der Waals surface area contributed by atoms with E-state index in [-0.39, 0.29) is 5.76 Å². The van der Waals surface area contributed by atoms with Crippen LogP contribution < -0.4 is 5.32 Å². The molecule has 1 N–H and O–H groups in total. The molecule has 0 aliphatic carbocycles. The van der Waals surface area contributed by atoms with Crippen LogP contribution in [0, 0.1) is 0 Å². The SMILES string of the molecule is CCC(C)NCc1ccoc1C(=O)OC. The Bertz CT molecular complexity index is 319. The van der Waals surface area contributed by atoms with Crippen molar-refractivity contribution in [2.24, 2.45) is 0 Å². The van der Waals surface area contributed by atoms with Crippen LogP contribution in [-0.2, 0) is 11.3 Å². The first kappa shape index (κ1) is 11.8. The number of nitrogens with one attached hydrogen (secondary N) is 1. The highest BCUT2D eigenvalue weighted by Crippen LogP contribution is 2.11. The van der Waals surface area contributed by atoms with Gasteiger partial charge in [-0.25, -0.2) is 4.79 Å². The van der Waals surface area contributed by atoms with E-state index in [4.69, 9.17) is 4.42 Å². The van der Waals surface area contributed by atoms with Crippen molar-refractivity contribution in [3.8, 4) is 0 Å². The molecule has 0 bridgehead atoms. The van der Waals surface area contributed by atoms with Crippen LogP contribution in [0.5, 0.6) is 0 Å². The third kappa shape index (κ3) is 3.09. The maximum absolute atomic E-state index is 11.3. The molecule has 1 rings (SSSR count). The number of ether oxygens (including phenoxy) is 1. The van der Waals surface area contributed by atoms with E-state index < -0.39 is 5.97 Å². The largest absolute Gasteiger partial charge is 0.463 e. The summed E-state index contributed by atoms with van der Waals surface area (Å²) in [6.07, 6.45) is 2.55. The fourth-order valence-corrected chi connectivity index (χ4v) is 1.18. The summed E-state index contributed by atoms with van der Waals surface area (Å²) in [5.74, 6) is -0.144. The van der Waals surface area contributed by atoms with Crippen LogP contribution in [0.25, 0.3) is 0 Å². The maximum atomic E-state index is 11.3. The Hall–Kier alpha value is -1.29. The first-order valence-electron chi connectivity index (χ1n) is 5.07. The van der Waals surface area contributed by atoms with Crippen LogP contribution >= 0.6 is 0 Å². The maximum Gasteiger partial charge on any atom is 0.374 e. The van der Waals surface area contributed by atoms with Crippen molar-refractivity contribution in [1.82, 2.24) is 5.32 Å². The summed E-state index contributed by atoms with van der Waals surface area (Å²) < 4.78 is 9.68. The fourth-order valence-electron chi connectivity index (χ4n) is 1.18. The first-order valence-corrected chi connectivity index (χ1v) is 5.07. The Labute approximate surface area is 89.6 Å². The standard InChI is InChI=1S/C11H17NO3/c1-4-8(2)12-7-9-5-6-15-10(9)11(13)14-3/h5-6,8,12H,4,7H2,1-3H3. The fraction of sp³-hybridized carbons (Fsp3) is 0.545. The number of furan rings is 1. The molecule has 0 saturated heterocycles. The van der Waals surface area contributed by atoms with Gasteiger partial charge in [0.2, 0.25) is 5.76 Å². The molecule has 4 heteroatoms. The minimum Gasteiger partial charge on any atom is -0.463 e. The van der Waals surface area contributed by atoms with Crippen LogP contribution in [0.1, 0.15) is 36.4 Å². The quantitative estimate of drug-likeness (QED) is 0.756. The van der Waals surface area contributed by atoms with Crippen LogP contribution in [-0.4, -0.2) is 19.1 Å². The summed E-state index contributed by atoms with van der Waals surface area (Å²) >= 11 is 0. The van der Waals surface area contributed by atoms with Gasteiger partial charge in [-0.05, 0) is 19.4 Å². The molecule has 0 fully saturated rings. The van der Waals surface area contributed by atoms with Crippen molar-refractivity contribution >= 4 is 5.97 Å². The van der Waals surface area contributed by atoms with Crippen molar-refractivity contribution < 1.29 is 13.9 Å². The average Bonchev–Trinajstić information content (AvgIpc) is 2.72. The highest BCUT2D eigenvalue weighted by Gasteiger charge is 2.15. The molecule has 0 spiro atoms. The molecule has 1 atom stereocenters. The Morgan fingerprint density at radius 3 is 3.00 bits per heavy atom. The van der Waals surface area contributed by atoms with Gasteiger partial charge in [0.15, 0.2) is 0 Å². The van der Waals surface area contributed by atoms with E-state index in [9.17, 15) is 4.79 Å². The number of hydrogen-bond donors (Lipinski definition) is 1. The van der Waals surface area contributed by atoms with E-state index in [0.717, 1.165) is 12.0 Å². The summed E-state index contributed by atoms with van der Waals surface area (Å²) in [4.78, 5) is 11.3. The zero-order chi connectivity index (χ0) is 11.3. The van der Waals surface area contributed by atoms with E-state index in [2.05, 4.69) is 23.9 Å². The van der Waals surface area contributed by atoms with Crippen molar-refractivity contribution in [2.45, 2.75) is 32.9 Å². The molecular formula is C11H17NO3. The smallest absolute Gasteiger partial charge is 0.374 e. The molecule has 0 amide bonds. The van der Waals surface area contributed by atoms with Gasteiger partial charge >= 0.3 is 5.97 Å². The number of carbonyl (C=O) groups excluding carboxylic acids is 1. The molecular weight excluding hydrogens is 194 g/mol. The summed E-state index contributed by atoms with van der Waals surface area (Å²) in [6, 6.07) is 2.20. The number of rotatable bonds is 5. The molecule has 1 aromatic rings. The molecule has 0 aromatic carbocycles. The zero-order valence-corrected chi connectivity index (χ0v) is 9.37. The van der Waals surface area contributed by atoms with Gasteiger partial charge in [0.1, 0.15) is 0 Å². The van der Waals surface area contributed by atoms with Gasteiger partial charge < -0.3 is 14.5 Å². The van der Waals surface area contributed by atoms with Gasteiger partial charge in [-0.3, -0.25) is 0 Å². The topological polar surface area (TPSA) is 51.5 Å². The lowest BCUT2D eigenvalue weighted by Crippen LogP contribution is -2.25. The van der Waals surface area contributed by atoms with Crippen molar-refractivity contribution in [1.29, 1.82) is 0 Å². The van der Waals surface area contributed by atoms with Crippen LogP contribution in [0.3, 0.4) is 0 Å². The van der Waals surface area contributed by atoms with E-state index in [1.807, 2.05) is 0 Å². The monoisotopic (exact) mass is 211 g/mol. The van der Waals surface area contributed by atoms with Gasteiger partial charge in [-0.1, -0.05) is 6.92 Å². The minimum absolute atomic E-state index is 0.285. The second-order valence-corrected chi connectivity index (χ2v) is 3.46. The molecule has 84 valence electrons. The predicted octanol–water partition coefficient (Wildman–Crippen LogP) is 1.95. The molecule has 1 unspecified atom stereocenters. The number of carbonyl (C=O) groups is 1. The lowest BCUT2D eigenvalue weighted by atomic mass is 10.2. The minimum atomic E-state index is -0.430. The normalized spacial score (nSPS) is 12.5. The lowest BCUT2D eigenvalue weighted by Gasteiger charge is -2.10. The Balaban J connectivity index is 2.61. The lowest BCUT2D eigenvalue weighted by molar-refractivity contribution is 0.0563. The molecule has 4 nitrogen and oxygen atoms in total. The van der Waals surface area contributed by atoms with Crippen LogP contribution in [0.15, 0.2) is 16.7 Å². The van der Waals surface area contributed by atoms with Crippen LogP contribution in [0.4, 0.5) is 0 Å². The van der Waals surface area contributed by atoms with E-state index >= 15 is 0 Å². The Morgan fingerprint density at radius 2 is 2.40 bits per heavy atom. The molecule has 15 heavy (non-hydrogen) atoms. The van der Waals surface area contributed by atoms with Gasteiger partial charge in [-0.15, -0.1) is 0 Å².